The average Bonchev–Trinajstić information content (AvgIpc) is 2.00. The van der Waals surface area contributed by atoms with Crippen molar-refractivity contribution in [2.75, 3.05) is 6.54 Å². The van der Waals surface area contributed by atoms with E-state index < -0.39 is 0 Å². The summed E-state index contributed by atoms with van der Waals surface area (Å²) >= 11 is 0. The summed E-state index contributed by atoms with van der Waals surface area (Å²) in [4.78, 5) is 0. The number of nitrogens with one attached hydrogen (secondary N) is 1. The largest absolute Gasteiger partial charge is 0.271 e. The monoisotopic (exact) mass is 158 g/mol. The third kappa shape index (κ3) is 5.22. The first-order valence-corrected chi connectivity index (χ1v) is 4.65. The smallest absolute Gasteiger partial charge is 0.01000 e. The van der Waals surface area contributed by atoms with E-state index in [-0.39, 0.29) is 0 Å². The van der Waals surface area contributed by atoms with Crippen molar-refractivity contribution in [1.82, 2.24) is 5.43 Å². The molecule has 2 atom stereocenters. The molecule has 0 saturated heterocycles. The lowest BCUT2D eigenvalue weighted by atomic mass is 9.89. The molecule has 0 aromatic rings. The van der Waals surface area contributed by atoms with E-state index in [9.17, 15) is 0 Å². The molecule has 0 saturated carbocycles. The fraction of sp³-hybridized carbons (Fsp3) is 1.00. The lowest BCUT2D eigenvalue weighted by Gasteiger charge is -2.18. The van der Waals surface area contributed by atoms with Crippen molar-refractivity contribution < 1.29 is 0 Å². The van der Waals surface area contributed by atoms with Gasteiger partial charge in [0.15, 0.2) is 0 Å². The predicted molar refractivity (Wildman–Crippen MR) is 50.0 cm³/mol. The number of rotatable bonds is 6. The molecule has 68 valence electrons. The Kier molecular flexibility index (Phi) is 6.57. The van der Waals surface area contributed by atoms with Crippen LogP contribution in [-0.2, 0) is 0 Å². The summed E-state index contributed by atoms with van der Waals surface area (Å²) in [5.74, 6) is 6.84. The zero-order valence-electron chi connectivity index (χ0n) is 8.06. The van der Waals surface area contributed by atoms with Crippen LogP contribution in [0.2, 0.25) is 0 Å². The topological polar surface area (TPSA) is 38.0 Å². The molecule has 2 nitrogen and oxygen atoms in total. The van der Waals surface area contributed by atoms with Gasteiger partial charge in [0.1, 0.15) is 0 Å². The van der Waals surface area contributed by atoms with Gasteiger partial charge in [-0.25, -0.2) is 0 Å². The van der Waals surface area contributed by atoms with Crippen LogP contribution in [0.4, 0.5) is 0 Å². The van der Waals surface area contributed by atoms with Gasteiger partial charge in [0.2, 0.25) is 0 Å². The van der Waals surface area contributed by atoms with Gasteiger partial charge in [0.25, 0.3) is 0 Å². The minimum Gasteiger partial charge on any atom is -0.271 e. The summed E-state index contributed by atoms with van der Waals surface area (Å²) in [7, 11) is 0. The predicted octanol–water partition coefficient (Wildman–Crippen LogP) is 1.91. The van der Waals surface area contributed by atoms with Gasteiger partial charge < -0.3 is 0 Å². The maximum Gasteiger partial charge on any atom is 0.01000 e. The first-order valence-electron chi connectivity index (χ1n) is 4.65. The van der Waals surface area contributed by atoms with Crippen LogP contribution in [0.3, 0.4) is 0 Å². The highest BCUT2D eigenvalue weighted by Crippen LogP contribution is 2.18. The van der Waals surface area contributed by atoms with Gasteiger partial charge in [-0.3, -0.25) is 11.3 Å². The molecular formula is C9H22N2. The molecule has 0 amide bonds. The maximum atomic E-state index is 5.20. The van der Waals surface area contributed by atoms with Gasteiger partial charge in [-0.1, -0.05) is 33.6 Å². The summed E-state index contributed by atoms with van der Waals surface area (Å²) in [6.07, 6.45) is 3.82. The SMILES string of the molecule is CCCC(C)C(C)CCNN. The highest BCUT2D eigenvalue weighted by Gasteiger charge is 2.09. The van der Waals surface area contributed by atoms with Crippen LogP contribution in [0, 0.1) is 11.8 Å². The van der Waals surface area contributed by atoms with Crippen molar-refractivity contribution in [2.24, 2.45) is 17.7 Å². The van der Waals surface area contributed by atoms with Gasteiger partial charge in [-0.05, 0) is 18.3 Å². The Morgan fingerprint density at radius 1 is 1.18 bits per heavy atom. The van der Waals surface area contributed by atoms with Gasteiger partial charge in [-0.2, -0.15) is 0 Å². The second-order valence-corrected chi connectivity index (χ2v) is 3.49. The Labute approximate surface area is 70.5 Å². The fourth-order valence-corrected chi connectivity index (χ4v) is 1.34. The molecule has 0 aliphatic carbocycles. The zero-order valence-corrected chi connectivity index (χ0v) is 8.06. The van der Waals surface area contributed by atoms with Crippen molar-refractivity contribution in [3.63, 3.8) is 0 Å². The third-order valence-corrected chi connectivity index (χ3v) is 2.46. The van der Waals surface area contributed by atoms with E-state index >= 15 is 0 Å². The van der Waals surface area contributed by atoms with Crippen molar-refractivity contribution in [3.8, 4) is 0 Å². The Morgan fingerprint density at radius 2 is 1.73 bits per heavy atom. The van der Waals surface area contributed by atoms with Crippen LogP contribution in [0.5, 0.6) is 0 Å². The Bertz CT molecular complexity index is 83.6. The molecule has 0 aromatic heterocycles. The van der Waals surface area contributed by atoms with Crippen molar-refractivity contribution in [2.45, 2.75) is 40.0 Å². The van der Waals surface area contributed by atoms with Crippen LogP contribution in [0.25, 0.3) is 0 Å². The molecule has 0 aliphatic heterocycles. The summed E-state index contributed by atoms with van der Waals surface area (Å²) in [6, 6.07) is 0. The van der Waals surface area contributed by atoms with Crippen molar-refractivity contribution in [3.05, 3.63) is 0 Å². The summed E-state index contributed by atoms with van der Waals surface area (Å²) in [5.41, 5.74) is 2.70. The molecule has 0 rings (SSSR count). The molecule has 0 bridgehead atoms. The second kappa shape index (κ2) is 6.62. The number of nitrogens with two attached hydrogens (primary N) is 1. The Balaban J connectivity index is 3.38. The van der Waals surface area contributed by atoms with E-state index in [2.05, 4.69) is 26.2 Å². The quantitative estimate of drug-likeness (QED) is 0.458. The van der Waals surface area contributed by atoms with E-state index in [4.69, 9.17) is 5.84 Å². The number of hydrogen-bond acceptors (Lipinski definition) is 2. The van der Waals surface area contributed by atoms with Crippen LogP contribution in [0.15, 0.2) is 0 Å². The van der Waals surface area contributed by atoms with Crippen LogP contribution < -0.4 is 11.3 Å². The average molecular weight is 158 g/mol. The highest BCUT2D eigenvalue weighted by atomic mass is 15.2. The van der Waals surface area contributed by atoms with E-state index in [1.165, 1.54) is 19.3 Å². The highest BCUT2D eigenvalue weighted by molar-refractivity contribution is 4.61. The summed E-state index contributed by atoms with van der Waals surface area (Å²) in [5, 5.41) is 0. The van der Waals surface area contributed by atoms with E-state index in [1.807, 2.05) is 0 Å². The van der Waals surface area contributed by atoms with Gasteiger partial charge in [0, 0.05) is 6.54 Å². The molecule has 0 aromatic carbocycles. The van der Waals surface area contributed by atoms with Gasteiger partial charge >= 0.3 is 0 Å². The number of hydrogen-bond donors (Lipinski definition) is 2. The van der Waals surface area contributed by atoms with Gasteiger partial charge in [-0.15, -0.1) is 0 Å². The molecule has 0 fully saturated rings. The third-order valence-electron chi connectivity index (χ3n) is 2.46. The number of hydrazine groups is 1. The first kappa shape index (κ1) is 10.9. The maximum absolute atomic E-state index is 5.20. The molecule has 2 heteroatoms. The van der Waals surface area contributed by atoms with Gasteiger partial charge in [0.05, 0.1) is 0 Å². The van der Waals surface area contributed by atoms with E-state index in [0.717, 1.165) is 18.4 Å². The molecule has 0 spiro atoms. The summed E-state index contributed by atoms with van der Waals surface area (Å²) < 4.78 is 0. The van der Waals surface area contributed by atoms with Crippen molar-refractivity contribution >= 4 is 0 Å². The minimum absolute atomic E-state index is 0.797. The first-order chi connectivity index (χ1) is 5.22. The molecule has 2 unspecified atom stereocenters. The normalized spacial score (nSPS) is 16.4. The molecule has 0 radical (unpaired) electrons. The van der Waals surface area contributed by atoms with Crippen molar-refractivity contribution in [1.29, 1.82) is 0 Å². The minimum atomic E-state index is 0.797. The molecule has 3 N–H and O–H groups in total. The lowest BCUT2D eigenvalue weighted by Crippen LogP contribution is -2.25. The molecular weight excluding hydrogens is 136 g/mol. The van der Waals surface area contributed by atoms with Crippen LogP contribution in [0.1, 0.15) is 40.0 Å². The second-order valence-electron chi connectivity index (χ2n) is 3.49. The molecule has 11 heavy (non-hydrogen) atoms. The van der Waals surface area contributed by atoms with Crippen LogP contribution >= 0.6 is 0 Å². The van der Waals surface area contributed by atoms with E-state index in [1.54, 1.807) is 0 Å². The lowest BCUT2D eigenvalue weighted by molar-refractivity contribution is 0.337. The standard InChI is InChI=1S/C9H22N2/c1-4-5-8(2)9(3)6-7-11-10/h8-9,11H,4-7,10H2,1-3H3. The fourth-order valence-electron chi connectivity index (χ4n) is 1.34. The summed E-state index contributed by atoms with van der Waals surface area (Å²) in [6.45, 7) is 7.81. The Hall–Kier alpha value is -0.0800. The van der Waals surface area contributed by atoms with Crippen LogP contribution in [-0.4, -0.2) is 6.54 Å². The van der Waals surface area contributed by atoms with E-state index in [0.29, 0.717) is 0 Å². The molecule has 0 aliphatic rings. The molecule has 0 heterocycles. The Morgan fingerprint density at radius 3 is 2.18 bits per heavy atom. The zero-order chi connectivity index (χ0) is 8.69.